The predicted octanol–water partition coefficient (Wildman–Crippen LogP) is 13.3. The molecule has 0 heterocycles. The van der Waals surface area contributed by atoms with E-state index in [4.69, 9.17) is 76.8 Å². The minimum atomic E-state index is -5.27. The lowest BCUT2D eigenvalue weighted by atomic mass is 10.1. The highest BCUT2D eigenvalue weighted by atomic mass is 79.9. The molecule has 8 aromatic carbocycles. The average Bonchev–Trinajstić information content (AvgIpc) is 0.809. The highest BCUT2D eigenvalue weighted by molar-refractivity contribution is 9.11. The summed E-state index contributed by atoms with van der Waals surface area (Å²) in [7, 11) is -20.9. The van der Waals surface area contributed by atoms with Crippen molar-refractivity contribution in [1.82, 2.24) is 10.9 Å². The van der Waals surface area contributed by atoms with Crippen LogP contribution in [0, 0.1) is 0 Å². The van der Waals surface area contributed by atoms with Crippen LogP contribution in [0.15, 0.2) is 181 Å². The van der Waals surface area contributed by atoms with Crippen LogP contribution in [-0.4, -0.2) is 143 Å². The number of phenols is 4. The number of halogens is 6. The van der Waals surface area contributed by atoms with Gasteiger partial charge in [0.1, 0.15) is 85.5 Å². The van der Waals surface area contributed by atoms with Gasteiger partial charge in [0.05, 0.1) is 50.9 Å². The van der Waals surface area contributed by atoms with Crippen molar-refractivity contribution in [3.63, 3.8) is 0 Å². The lowest BCUT2D eigenvalue weighted by Gasteiger charge is -2.25. The van der Waals surface area contributed by atoms with E-state index in [0.29, 0.717) is 34.3 Å². The van der Waals surface area contributed by atoms with Crippen molar-refractivity contribution in [3.8, 4) is 23.0 Å². The highest BCUT2D eigenvalue weighted by Crippen LogP contribution is 2.42. The minimum absolute atomic E-state index is 0.0292. The monoisotopic (exact) mass is 1960 g/mol. The molecule has 0 aliphatic rings. The SMILES string of the molecule is O=C(CN(C(=S)Nc1ccc(/C=C/c2ccc(NC(=S)CCCOCCCC(=S)Nc3ccc(/C=C/c4ccc(NC(=S)N(CC(=O)N/N=C\c5cc(Br)c(O)c(Br)c5O)c5ccc(Cl)cc5)cc4S(=O)(=O)[O-])c(S(=O)(=O)[O-])c3)cc2S(=O)(=O)[O-])c(S(=O)(=O)[O-])c1)c1ccc(Cl)cc1)N/N=C\c1cc(Br)c(O)c(Br)c1O. The molecule has 8 rings (SSSR count). The number of amides is 2. The number of rotatable bonds is 30. The summed E-state index contributed by atoms with van der Waals surface area (Å²) in [6, 6.07) is 29.3. The molecule has 0 bridgehead atoms. The molecule has 0 spiro atoms. The zero-order valence-corrected chi connectivity index (χ0v) is 70.4. The molecule has 29 nitrogen and oxygen atoms in total. The Bertz CT molecular complexity index is 5270. The van der Waals surface area contributed by atoms with Crippen molar-refractivity contribution in [2.45, 2.75) is 45.3 Å². The maximum absolute atomic E-state index is 13.2. The van der Waals surface area contributed by atoms with Gasteiger partial charge in [0.25, 0.3) is 11.8 Å². The summed E-state index contributed by atoms with van der Waals surface area (Å²) in [6.45, 7) is -0.601. The molecule has 8 aromatic rings. The van der Waals surface area contributed by atoms with Crippen molar-refractivity contribution in [2.24, 2.45) is 10.2 Å². The average molecular weight is 1960 g/mol. The number of phenolic OH excluding ortho intramolecular Hbond substituents is 4. The number of benzene rings is 8. The van der Waals surface area contributed by atoms with Gasteiger partial charge in [-0.2, -0.15) is 10.2 Å². The van der Waals surface area contributed by atoms with Gasteiger partial charge >= 0.3 is 0 Å². The Morgan fingerprint density at radius 3 is 1.01 bits per heavy atom. The number of aromatic hydroxyl groups is 4. The van der Waals surface area contributed by atoms with Crippen LogP contribution in [0.1, 0.15) is 59.1 Å². The Balaban J connectivity index is 0.820. The van der Waals surface area contributed by atoms with Crippen LogP contribution in [-0.2, 0) is 54.8 Å². The highest BCUT2D eigenvalue weighted by Gasteiger charge is 2.23. The van der Waals surface area contributed by atoms with Crippen LogP contribution in [0.5, 0.6) is 23.0 Å². The van der Waals surface area contributed by atoms with Crippen LogP contribution in [0.3, 0.4) is 0 Å². The van der Waals surface area contributed by atoms with Gasteiger partial charge in [-0.25, -0.2) is 44.5 Å². The third kappa shape index (κ3) is 25.5. The number of hydrazone groups is 2. The summed E-state index contributed by atoms with van der Waals surface area (Å²) in [5.41, 5.74) is 4.87. The van der Waals surface area contributed by atoms with Crippen LogP contribution < -0.4 is 41.9 Å². The summed E-state index contributed by atoms with van der Waals surface area (Å²) in [6.07, 6.45) is 7.89. The first-order chi connectivity index (χ1) is 52.1. The maximum atomic E-state index is 13.2. The van der Waals surface area contributed by atoms with E-state index >= 15 is 0 Å². The predicted molar refractivity (Wildman–Crippen MR) is 449 cm³/mol. The van der Waals surface area contributed by atoms with Gasteiger partial charge in [-0.05, 0) is 232 Å². The molecular formula is C68H54Br4Cl2N10O19S8-4. The maximum Gasteiger partial charge on any atom is 0.260 e. The largest absolute Gasteiger partial charge is 0.744 e. The lowest BCUT2D eigenvalue weighted by molar-refractivity contribution is -0.120. The van der Waals surface area contributed by atoms with Crippen LogP contribution in [0.2, 0.25) is 10.0 Å². The number of carbonyl (C=O) groups excluding carboxylic acids is 2. The molecule has 0 unspecified atom stereocenters. The first-order valence-corrected chi connectivity index (χ1v) is 42.4. The summed E-state index contributed by atoms with van der Waals surface area (Å²) in [5, 5.41) is 60.3. The summed E-state index contributed by atoms with van der Waals surface area (Å²) < 4.78 is 158. The fourth-order valence-electron chi connectivity index (χ4n) is 9.76. The molecule has 43 heteroatoms. The number of thiocarbonyl (C=S) groups is 4. The number of hydrogen-bond donors (Lipinski definition) is 10. The zero-order valence-electron chi connectivity index (χ0n) is 56.1. The summed E-state index contributed by atoms with van der Waals surface area (Å²) >= 11 is 46.9. The van der Waals surface area contributed by atoms with Gasteiger partial charge in [0.2, 0.25) is 0 Å². The second-order valence-corrected chi connectivity index (χ2v) is 34.2. The number of anilines is 6. The van der Waals surface area contributed by atoms with Crippen molar-refractivity contribution in [2.75, 3.05) is 57.4 Å². The van der Waals surface area contributed by atoms with E-state index in [1.165, 1.54) is 119 Å². The van der Waals surface area contributed by atoms with Crippen molar-refractivity contribution >= 4 is 279 Å². The molecule has 10 N–H and O–H groups in total. The number of nitrogens with one attached hydrogen (secondary N) is 6. The number of hydrogen-bond acceptors (Lipinski definition) is 25. The van der Waals surface area contributed by atoms with Gasteiger partial charge < -0.3 is 74.4 Å². The second-order valence-electron chi connectivity index (χ2n) is 22.9. The van der Waals surface area contributed by atoms with E-state index in [2.05, 4.69) is 106 Å². The van der Waals surface area contributed by atoms with E-state index in [0.717, 1.165) is 61.0 Å². The van der Waals surface area contributed by atoms with Gasteiger partial charge in [-0.1, -0.05) is 96.2 Å². The smallest absolute Gasteiger partial charge is 0.260 e. The molecule has 0 atom stereocenters. The fraction of sp³-hybridized carbons (Fsp3) is 0.118. The molecule has 0 aromatic heterocycles. The number of ether oxygens (including phenoxy) is 1. The third-order valence-corrected chi connectivity index (χ3v) is 23.1. The van der Waals surface area contributed by atoms with Gasteiger partial charge in [0.15, 0.2) is 10.2 Å². The van der Waals surface area contributed by atoms with Crippen LogP contribution in [0.4, 0.5) is 34.1 Å². The van der Waals surface area contributed by atoms with E-state index in [1.54, 1.807) is 0 Å². The Morgan fingerprint density at radius 2 is 0.721 bits per heavy atom. The Kier molecular flexibility index (Phi) is 31.2. The zero-order chi connectivity index (χ0) is 81.4. The molecule has 0 aliphatic heterocycles. The molecule has 111 heavy (non-hydrogen) atoms. The first-order valence-electron chi connectivity index (χ1n) is 31.2. The molecule has 584 valence electrons. The molecular weight excluding hydrogens is 1910 g/mol. The fourth-order valence-corrected chi connectivity index (χ4v) is 16.2. The van der Waals surface area contributed by atoms with Crippen molar-refractivity contribution in [3.05, 3.63) is 195 Å². The van der Waals surface area contributed by atoms with Gasteiger partial charge in [0, 0.05) is 81.4 Å². The van der Waals surface area contributed by atoms with Gasteiger partial charge in [-0.3, -0.25) is 9.59 Å². The van der Waals surface area contributed by atoms with E-state index < -0.39 is 85.0 Å². The first kappa shape index (κ1) is 88.5. The Labute approximate surface area is 700 Å². The topological polar surface area (TPSA) is 456 Å². The molecule has 0 aliphatic carbocycles. The summed E-state index contributed by atoms with van der Waals surface area (Å²) in [5.74, 6) is -2.74. The van der Waals surface area contributed by atoms with Crippen LogP contribution >= 0.6 is 136 Å². The van der Waals surface area contributed by atoms with Crippen LogP contribution in [0.25, 0.3) is 24.3 Å². The van der Waals surface area contributed by atoms with E-state index in [9.17, 15) is 81.9 Å². The quantitative estimate of drug-likeness (QED) is 0.00499. The number of carbonyl (C=O) groups is 2. The standard InChI is InChI=1S/C68H58Br4Cl2N10O19S8/c69-51-27-41(63(87)61(71)65(51)89)33-75-81-57(85)35-83(49-21-13-43(73)14-22-49)67(106)79-47-19-11-39(55(31-47)110(97,98)99)7-5-37-9-17-45(29-53(37)108(91,92)93)77-59(104)3-1-25-103-26-2-4-60(105)78-46-18-10-38(54(30-46)109(94,95)96)6-8-40-12-20-48(32-56(40)111(100,101)102)80-68(107)84(50-23-15-44(74)16-24-50)36-58(86)82-76-34-42-28-52(70)66(90)62(72)64(42)88/h5-24,27-34,87-90H,1-4,25-26,35-36H2,(H,77,104)(H,78,105)(H,79,106)(H,80,107)(H,81,85)(H,82,86)(H,91,92,93)(H,94,95,96)(H,97,98,99)(H,100,101,102)/p-4/b7-5+,8-6+,75-33-,76-34-. The van der Waals surface area contributed by atoms with Crippen molar-refractivity contribution < 1.29 is 86.6 Å². The van der Waals surface area contributed by atoms with E-state index in [1.807, 2.05) is 0 Å². The third-order valence-electron chi connectivity index (χ3n) is 15.0. The van der Waals surface area contributed by atoms with E-state index in [-0.39, 0.29) is 143 Å². The number of nitrogens with zero attached hydrogens (tertiary/aromatic N) is 4. The molecule has 2 amide bonds. The molecule has 0 radical (unpaired) electrons. The Hall–Kier alpha value is -8.02. The molecule has 0 fully saturated rings. The van der Waals surface area contributed by atoms with Gasteiger partial charge in [-0.15, -0.1) is 0 Å². The molecule has 0 saturated heterocycles. The lowest BCUT2D eigenvalue weighted by Crippen LogP contribution is -2.41. The summed E-state index contributed by atoms with van der Waals surface area (Å²) in [4.78, 5) is 26.5. The van der Waals surface area contributed by atoms with Crippen molar-refractivity contribution in [1.29, 1.82) is 0 Å². The molecule has 0 saturated carbocycles. The Morgan fingerprint density at radius 1 is 0.432 bits per heavy atom. The second kappa shape index (κ2) is 39.1. The minimum Gasteiger partial charge on any atom is -0.744 e. The normalized spacial score (nSPS) is 12.0.